The lowest BCUT2D eigenvalue weighted by atomic mass is 10.1. The molecule has 1 N–H and O–H groups in total. The number of rotatable bonds is 4. The second kappa shape index (κ2) is 5.87. The molecular formula is C14H18N2S2. The number of benzene rings is 1. The number of aryl methyl sites for hydroxylation is 2. The second-order valence-corrected chi connectivity index (χ2v) is 6.30. The zero-order chi connectivity index (χ0) is 13.1. The smallest absolute Gasteiger partial charge is 0.115 e. The van der Waals surface area contributed by atoms with Crippen molar-refractivity contribution in [3.05, 3.63) is 45.4 Å². The molecule has 1 heterocycles. The van der Waals surface area contributed by atoms with Crippen molar-refractivity contribution in [1.29, 1.82) is 0 Å². The predicted molar refractivity (Wildman–Crippen MR) is 80.7 cm³/mol. The summed E-state index contributed by atoms with van der Waals surface area (Å²) in [7, 11) is 1.99. The van der Waals surface area contributed by atoms with E-state index in [1.165, 1.54) is 15.3 Å². The molecule has 0 saturated carbocycles. The van der Waals surface area contributed by atoms with Crippen LogP contribution in [-0.2, 0) is 0 Å². The summed E-state index contributed by atoms with van der Waals surface area (Å²) < 4.78 is 0. The Labute approximate surface area is 117 Å². The number of hydrogen-bond donors (Lipinski definition) is 1. The van der Waals surface area contributed by atoms with Gasteiger partial charge in [-0.2, -0.15) is 0 Å². The molecule has 0 amide bonds. The van der Waals surface area contributed by atoms with Gasteiger partial charge in [-0.1, -0.05) is 12.1 Å². The van der Waals surface area contributed by atoms with E-state index in [1.807, 2.05) is 7.05 Å². The Morgan fingerprint density at radius 2 is 1.89 bits per heavy atom. The highest BCUT2D eigenvalue weighted by Gasteiger charge is 2.16. The molecule has 0 aliphatic heterocycles. The van der Waals surface area contributed by atoms with E-state index < -0.39 is 0 Å². The van der Waals surface area contributed by atoms with Crippen molar-refractivity contribution in [2.45, 2.75) is 24.8 Å². The molecule has 2 aromatic rings. The van der Waals surface area contributed by atoms with Crippen molar-refractivity contribution >= 4 is 23.1 Å². The number of nitrogens with one attached hydrogen (secondary N) is 1. The lowest BCUT2D eigenvalue weighted by Crippen LogP contribution is -2.17. The Morgan fingerprint density at radius 1 is 1.22 bits per heavy atom. The van der Waals surface area contributed by atoms with Crippen molar-refractivity contribution in [1.82, 2.24) is 10.3 Å². The minimum absolute atomic E-state index is 0.193. The van der Waals surface area contributed by atoms with E-state index in [0.717, 1.165) is 10.7 Å². The third kappa shape index (κ3) is 2.76. The van der Waals surface area contributed by atoms with E-state index in [1.54, 1.807) is 23.1 Å². The lowest BCUT2D eigenvalue weighted by Gasteiger charge is -2.14. The van der Waals surface area contributed by atoms with Gasteiger partial charge < -0.3 is 5.32 Å². The molecule has 1 atom stereocenters. The fraction of sp³-hybridized carbons (Fsp3) is 0.357. The minimum atomic E-state index is 0.193. The van der Waals surface area contributed by atoms with Crippen molar-refractivity contribution in [2.75, 3.05) is 13.3 Å². The lowest BCUT2D eigenvalue weighted by molar-refractivity contribution is 0.684. The summed E-state index contributed by atoms with van der Waals surface area (Å²) in [4.78, 5) is 7.24. The maximum Gasteiger partial charge on any atom is 0.115 e. The Morgan fingerprint density at radius 3 is 2.33 bits per heavy atom. The van der Waals surface area contributed by atoms with E-state index in [2.05, 4.69) is 54.7 Å². The van der Waals surface area contributed by atoms with Crippen molar-refractivity contribution in [2.24, 2.45) is 0 Å². The molecule has 0 radical (unpaired) electrons. The van der Waals surface area contributed by atoms with E-state index in [4.69, 9.17) is 0 Å². The minimum Gasteiger partial charge on any atom is -0.307 e. The highest BCUT2D eigenvalue weighted by molar-refractivity contribution is 7.98. The molecule has 0 saturated heterocycles. The van der Waals surface area contributed by atoms with Gasteiger partial charge in [0.05, 0.1) is 11.7 Å². The largest absolute Gasteiger partial charge is 0.307 e. The molecule has 0 bridgehead atoms. The average molecular weight is 278 g/mol. The van der Waals surface area contributed by atoms with Crippen LogP contribution in [0.3, 0.4) is 0 Å². The summed E-state index contributed by atoms with van der Waals surface area (Å²) in [5.41, 5.74) is 2.40. The van der Waals surface area contributed by atoms with Crippen LogP contribution in [0.1, 0.15) is 27.2 Å². The standard InChI is InChI=1S/C14H18N2S2/c1-9-10(2)18-14(16-9)13(15-3)11-5-7-12(17-4)8-6-11/h5-8,13,15H,1-4H3. The van der Waals surface area contributed by atoms with Gasteiger partial charge >= 0.3 is 0 Å². The van der Waals surface area contributed by atoms with Crippen LogP contribution in [0.5, 0.6) is 0 Å². The van der Waals surface area contributed by atoms with Crippen LogP contribution in [0.25, 0.3) is 0 Å². The Bertz CT molecular complexity index is 498. The first-order valence-electron chi connectivity index (χ1n) is 5.91. The molecule has 0 aliphatic carbocycles. The van der Waals surface area contributed by atoms with Crippen LogP contribution in [-0.4, -0.2) is 18.3 Å². The maximum absolute atomic E-state index is 4.65. The zero-order valence-corrected chi connectivity index (χ0v) is 12.8. The van der Waals surface area contributed by atoms with Crippen LogP contribution < -0.4 is 5.32 Å². The summed E-state index contributed by atoms with van der Waals surface area (Å²) in [6.45, 7) is 4.19. The maximum atomic E-state index is 4.65. The molecule has 0 fully saturated rings. The summed E-state index contributed by atoms with van der Waals surface area (Å²) in [5, 5.41) is 4.50. The van der Waals surface area contributed by atoms with Crippen LogP contribution in [0.4, 0.5) is 0 Å². The van der Waals surface area contributed by atoms with Crippen LogP contribution in [0.2, 0.25) is 0 Å². The van der Waals surface area contributed by atoms with E-state index >= 15 is 0 Å². The van der Waals surface area contributed by atoms with Crippen LogP contribution in [0, 0.1) is 13.8 Å². The summed E-state index contributed by atoms with van der Waals surface area (Å²) in [5.74, 6) is 0. The molecule has 1 unspecified atom stereocenters. The summed E-state index contributed by atoms with van der Waals surface area (Å²) >= 11 is 3.54. The summed E-state index contributed by atoms with van der Waals surface area (Å²) in [6, 6.07) is 8.88. The number of thioether (sulfide) groups is 1. The number of aromatic nitrogens is 1. The van der Waals surface area contributed by atoms with Gasteiger partial charge in [-0.3, -0.25) is 0 Å². The Kier molecular flexibility index (Phi) is 4.43. The third-order valence-electron chi connectivity index (χ3n) is 3.03. The second-order valence-electron chi connectivity index (χ2n) is 4.19. The molecule has 2 nitrogen and oxygen atoms in total. The first-order valence-corrected chi connectivity index (χ1v) is 7.95. The number of hydrogen-bond acceptors (Lipinski definition) is 4. The monoisotopic (exact) mass is 278 g/mol. The van der Waals surface area contributed by atoms with Gasteiger partial charge in [0.2, 0.25) is 0 Å². The van der Waals surface area contributed by atoms with Gasteiger partial charge in [0.25, 0.3) is 0 Å². The van der Waals surface area contributed by atoms with E-state index in [9.17, 15) is 0 Å². The van der Waals surface area contributed by atoms with Crippen molar-refractivity contribution < 1.29 is 0 Å². The normalized spacial score (nSPS) is 12.7. The summed E-state index contributed by atoms with van der Waals surface area (Å²) in [6.07, 6.45) is 2.10. The number of nitrogens with zero attached hydrogens (tertiary/aromatic N) is 1. The van der Waals surface area contributed by atoms with Crippen LogP contribution >= 0.6 is 23.1 Å². The fourth-order valence-corrected chi connectivity index (χ4v) is 3.32. The first kappa shape index (κ1) is 13.6. The molecule has 96 valence electrons. The number of thiazole rings is 1. The van der Waals surface area contributed by atoms with Gasteiger partial charge in [0.15, 0.2) is 0 Å². The van der Waals surface area contributed by atoms with E-state index in [0.29, 0.717) is 0 Å². The predicted octanol–water partition coefficient (Wildman–Crippen LogP) is 3.79. The highest BCUT2D eigenvalue weighted by atomic mass is 32.2. The third-order valence-corrected chi connectivity index (χ3v) is 4.91. The average Bonchev–Trinajstić information content (AvgIpc) is 2.71. The molecule has 1 aromatic carbocycles. The van der Waals surface area contributed by atoms with Gasteiger partial charge in [-0.15, -0.1) is 23.1 Å². The first-order chi connectivity index (χ1) is 8.65. The van der Waals surface area contributed by atoms with Crippen molar-refractivity contribution in [3.8, 4) is 0 Å². The van der Waals surface area contributed by atoms with Gasteiger partial charge in [-0.25, -0.2) is 4.98 Å². The molecule has 1 aromatic heterocycles. The van der Waals surface area contributed by atoms with Gasteiger partial charge in [0.1, 0.15) is 5.01 Å². The molecule has 0 aliphatic rings. The van der Waals surface area contributed by atoms with E-state index in [-0.39, 0.29) is 6.04 Å². The SMILES string of the molecule is CNC(c1ccc(SC)cc1)c1nc(C)c(C)s1. The van der Waals surface area contributed by atoms with Crippen LogP contribution in [0.15, 0.2) is 29.2 Å². The van der Waals surface area contributed by atoms with Crippen molar-refractivity contribution in [3.63, 3.8) is 0 Å². The quantitative estimate of drug-likeness (QED) is 0.861. The Balaban J connectivity index is 2.32. The Hall–Kier alpha value is -0.840. The van der Waals surface area contributed by atoms with Gasteiger partial charge in [-0.05, 0) is 44.8 Å². The molecule has 4 heteroatoms. The zero-order valence-electron chi connectivity index (χ0n) is 11.2. The molecule has 0 spiro atoms. The molecule has 2 rings (SSSR count). The highest BCUT2D eigenvalue weighted by Crippen LogP contribution is 2.28. The molecule has 18 heavy (non-hydrogen) atoms. The fourth-order valence-electron chi connectivity index (χ4n) is 1.85. The van der Waals surface area contributed by atoms with Gasteiger partial charge in [0, 0.05) is 9.77 Å². The topological polar surface area (TPSA) is 24.9 Å². The molecular weight excluding hydrogens is 260 g/mol.